The van der Waals surface area contributed by atoms with Crippen molar-refractivity contribution in [3.05, 3.63) is 24.4 Å². The summed E-state index contributed by atoms with van der Waals surface area (Å²) in [4.78, 5) is 6.76. The predicted octanol–water partition coefficient (Wildman–Crippen LogP) is 1.98. The second kappa shape index (κ2) is 7.53. The molecule has 0 atom stereocenters. The van der Waals surface area contributed by atoms with Crippen molar-refractivity contribution in [3.63, 3.8) is 0 Å². The van der Waals surface area contributed by atoms with Crippen LogP contribution in [0.5, 0.6) is 11.5 Å². The van der Waals surface area contributed by atoms with E-state index >= 15 is 0 Å². The Morgan fingerprint density at radius 1 is 1.07 bits per heavy atom. The highest BCUT2D eigenvalue weighted by atomic mass is 16.7. The summed E-state index contributed by atoms with van der Waals surface area (Å²) in [5.74, 6) is 2.09. The minimum atomic E-state index is -0.405. The molecule has 27 heavy (non-hydrogen) atoms. The van der Waals surface area contributed by atoms with Crippen LogP contribution in [-0.2, 0) is 9.47 Å². The summed E-state index contributed by atoms with van der Waals surface area (Å²) in [5, 5.41) is 11.3. The van der Waals surface area contributed by atoms with Crippen LogP contribution in [0.15, 0.2) is 24.4 Å². The van der Waals surface area contributed by atoms with Crippen LogP contribution in [0.4, 0.5) is 17.5 Å². The van der Waals surface area contributed by atoms with Crippen molar-refractivity contribution in [3.8, 4) is 11.5 Å². The van der Waals surface area contributed by atoms with E-state index in [4.69, 9.17) is 18.9 Å². The molecule has 0 bridgehead atoms. The first-order valence-corrected chi connectivity index (χ1v) is 8.93. The van der Waals surface area contributed by atoms with Crippen LogP contribution in [0.1, 0.15) is 12.8 Å². The van der Waals surface area contributed by atoms with E-state index in [1.165, 1.54) is 0 Å². The third kappa shape index (κ3) is 3.74. The molecule has 9 heteroatoms. The number of nitrogens with one attached hydrogen (secondary N) is 1. The van der Waals surface area contributed by atoms with E-state index in [1.54, 1.807) is 20.4 Å². The van der Waals surface area contributed by atoms with Gasteiger partial charge in [-0.1, -0.05) is 0 Å². The number of rotatable bonds is 5. The van der Waals surface area contributed by atoms with Gasteiger partial charge in [0.1, 0.15) is 0 Å². The van der Waals surface area contributed by atoms with Crippen LogP contribution in [0.25, 0.3) is 0 Å². The summed E-state index contributed by atoms with van der Waals surface area (Å²) in [6.45, 7) is 2.95. The maximum absolute atomic E-state index is 5.78. The van der Waals surface area contributed by atoms with Crippen LogP contribution in [-0.4, -0.2) is 61.5 Å². The number of aromatic nitrogens is 3. The zero-order valence-corrected chi connectivity index (χ0v) is 15.5. The number of piperidine rings is 1. The fourth-order valence-corrected chi connectivity index (χ4v) is 3.41. The van der Waals surface area contributed by atoms with Gasteiger partial charge >= 0.3 is 0 Å². The minimum Gasteiger partial charge on any atom is -0.493 e. The first-order valence-electron chi connectivity index (χ1n) is 8.93. The molecular formula is C18H23N5O4. The molecule has 2 aliphatic rings. The molecule has 144 valence electrons. The van der Waals surface area contributed by atoms with E-state index in [9.17, 15) is 0 Å². The number of hydrogen-bond donors (Lipinski definition) is 1. The van der Waals surface area contributed by atoms with E-state index in [-0.39, 0.29) is 0 Å². The van der Waals surface area contributed by atoms with Crippen molar-refractivity contribution in [1.82, 2.24) is 15.2 Å². The van der Waals surface area contributed by atoms with Gasteiger partial charge in [-0.2, -0.15) is 10.1 Å². The highest BCUT2D eigenvalue weighted by Crippen LogP contribution is 2.33. The molecule has 2 fully saturated rings. The average Bonchev–Trinajstić information content (AvgIpc) is 3.16. The molecule has 4 rings (SSSR count). The highest BCUT2D eigenvalue weighted by molar-refractivity contribution is 5.60. The van der Waals surface area contributed by atoms with Crippen molar-refractivity contribution in [1.29, 1.82) is 0 Å². The second-order valence-corrected chi connectivity index (χ2v) is 6.43. The lowest BCUT2D eigenvalue weighted by Gasteiger charge is -2.37. The standard InChI is InChI=1S/C18H23N5O4/c1-24-14-4-3-13(11-15(14)25-2)20-17-21-16(12-19-22-17)23-7-5-18(6-8-23)26-9-10-27-18/h3-4,11-12H,5-10H2,1-2H3,(H,20,21,22). The fourth-order valence-electron chi connectivity index (χ4n) is 3.41. The summed E-state index contributed by atoms with van der Waals surface area (Å²) in [5.41, 5.74) is 0.789. The first kappa shape index (κ1) is 17.7. The summed E-state index contributed by atoms with van der Waals surface area (Å²) in [6, 6.07) is 5.52. The Kier molecular flexibility index (Phi) is 4.95. The molecule has 1 aromatic heterocycles. The van der Waals surface area contributed by atoms with Gasteiger partial charge in [0.2, 0.25) is 5.95 Å². The van der Waals surface area contributed by atoms with Crippen LogP contribution in [0, 0.1) is 0 Å². The maximum atomic E-state index is 5.78. The Morgan fingerprint density at radius 2 is 1.81 bits per heavy atom. The molecule has 1 aromatic carbocycles. The van der Waals surface area contributed by atoms with Gasteiger partial charge in [-0.05, 0) is 12.1 Å². The van der Waals surface area contributed by atoms with E-state index in [0.29, 0.717) is 30.7 Å². The van der Waals surface area contributed by atoms with Crippen LogP contribution >= 0.6 is 0 Å². The average molecular weight is 373 g/mol. The van der Waals surface area contributed by atoms with Gasteiger partial charge < -0.3 is 29.2 Å². The smallest absolute Gasteiger partial charge is 0.249 e. The minimum absolute atomic E-state index is 0.405. The Hall–Kier alpha value is -2.65. The molecule has 1 spiro atoms. The quantitative estimate of drug-likeness (QED) is 0.844. The summed E-state index contributed by atoms with van der Waals surface area (Å²) < 4.78 is 22.1. The molecule has 0 radical (unpaired) electrons. The number of hydrogen-bond acceptors (Lipinski definition) is 9. The normalized spacial score (nSPS) is 18.5. The zero-order chi connectivity index (χ0) is 18.7. The van der Waals surface area contributed by atoms with Gasteiger partial charge in [0.25, 0.3) is 0 Å². The van der Waals surface area contributed by atoms with Crippen LogP contribution < -0.4 is 19.7 Å². The Bertz CT molecular complexity index is 787. The number of nitrogens with zero attached hydrogens (tertiary/aromatic N) is 4. The molecule has 1 N–H and O–H groups in total. The van der Waals surface area contributed by atoms with Gasteiger partial charge in [-0.3, -0.25) is 0 Å². The van der Waals surface area contributed by atoms with Gasteiger partial charge in [0.05, 0.1) is 33.6 Å². The molecule has 9 nitrogen and oxygen atoms in total. The topological polar surface area (TPSA) is 90.9 Å². The van der Waals surface area contributed by atoms with Gasteiger partial charge in [-0.25, -0.2) is 0 Å². The van der Waals surface area contributed by atoms with Gasteiger partial charge in [0.15, 0.2) is 23.1 Å². The molecule has 0 unspecified atom stereocenters. The van der Waals surface area contributed by atoms with Crippen molar-refractivity contribution in [2.75, 3.05) is 50.7 Å². The van der Waals surface area contributed by atoms with Crippen LogP contribution in [0.2, 0.25) is 0 Å². The van der Waals surface area contributed by atoms with Gasteiger partial charge in [0, 0.05) is 37.7 Å². The number of benzene rings is 1. The molecule has 0 amide bonds. The molecule has 0 aliphatic carbocycles. The Balaban J connectivity index is 1.45. The third-order valence-corrected chi connectivity index (χ3v) is 4.85. The molecule has 2 saturated heterocycles. The first-order chi connectivity index (χ1) is 13.2. The predicted molar refractivity (Wildman–Crippen MR) is 98.7 cm³/mol. The Labute approximate surface area is 157 Å². The monoisotopic (exact) mass is 373 g/mol. The molecule has 3 heterocycles. The lowest BCUT2D eigenvalue weighted by atomic mass is 10.0. The molecular weight excluding hydrogens is 350 g/mol. The van der Waals surface area contributed by atoms with Crippen molar-refractivity contribution in [2.24, 2.45) is 0 Å². The summed E-state index contributed by atoms with van der Waals surface area (Å²) in [6.07, 6.45) is 3.30. The SMILES string of the molecule is COc1ccc(Nc2nncc(N3CCC4(CC3)OCCO4)n2)cc1OC. The van der Waals surface area contributed by atoms with Gasteiger partial charge in [-0.15, -0.1) is 5.10 Å². The van der Waals surface area contributed by atoms with Crippen molar-refractivity contribution in [2.45, 2.75) is 18.6 Å². The molecule has 2 aromatic rings. The van der Waals surface area contributed by atoms with E-state index in [0.717, 1.165) is 37.4 Å². The molecule has 2 aliphatic heterocycles. The fraction of sp³-hybridized carbons (Fsp3) is 0.500. The van der Waals surface area contributed by atoms with Crippen molar-refractivity contribution < 1.29 is 18.9 Å². The van der Waals surface area contributed by atoms with E-state index in [1.807, 2.05) is 18.2 Å². The Morgan fingerprint density at radius 3 is 2.52 bits per heavy atom. The lowest BCUT2D eigenvalue weighted by molar-refractivity contribution is -0.169. The largest absolute Gasteiger partial charge is 0.493 e. The highest BCUT2D eigenvalue weighted by Gasteiger charge is 2.40. The van der Waals surface area contributed by atoms with E-state index < -0.39 is 5.79 Å². The number of methoxy groups -OCH3 is 2. The van der Waals surface area contributed by atoms with E-state index in [2.05, 4.69) is 25.4 Å². The summed E-state index contributed by atoms with van der Waals surface area (Å²) in [7, 11) is 3.20. The maximum Gasteiger partial charge on any atom is 0.249 e. The zero-order valence-electron chi connectivity index (χ0n) is 15.5. The second-order valence-electron chi connectivity index (χ2n) is 6.43. The lowest BCUT2D eigenvalue weighted by Crippen LogP contribution is -2.45. The molecule has 0 saturated carbocycles. The van der Waals surface area contributed by atoms with Crippen molar-refractivity contribution >= 4 is 17.5 Å². The third-order valence-electron chi connectivity index (χ3n) is 4.85. The number of ether oxygens (including phenoxy) is 4. The number of anilines is 3. The summed E-state index contributed by atoms with van der Waals surface area (Å²) >= 11 is 0. The van der Waals surface area contributed by atoms with Crippen LogP contribution in [0.3, 0.4) is 0 Å².